The van der Waals surface area contributed by atoms with Crippen LogP contribution in [0.15, 0.2) is 48.5 Å². The number of amides is 1. The van der Waals surface area contributed by atoms with Crippen molar-refractivity contribution in [3.63, 3.8) is 0 Å². The first-order chi connectivity index (χ1) is 11.6. The third-order valence-electron chi connectivity index (χ3n) is 3.96. The Bertz CT molecular complexity index is 976. The summed E-state index contributed by atoms with van der Waals surface area (Å²) in [6.07, 6.45) is 3.62. The zero-order valence-corrected chi connectivity index (χ0v) is 12.5. The Hall–Kier alpha value is -3.22. The second-order valence-electron chi connectivity index (χ2n) is 5.48. The number of nitrogens with zero attached hydrogens (tertiary/aromatic N) is 3. The minimum absolute atomic E-state index is 0.00891. The molecule has 0 bridgehead atoms. The highest BCUT2D eigenvalue weighted by Gasteiger charge is 2.28. The summed E-state index contributed by atoms with van der Waals surface area (Å²) >= 11 is 0. The van der Waals surface area contributed by atoms with Crippen LogP contribution in [0.4, 0.5) is 10.1 Å². The number of carbonyl (C=O) groups is 1. The normalized spacial score (nSPS) is 13.9. The quantitative estimate of drug-likeness (QED) is 0.759. The number of allylic oxidation sites excluding steroid dienone is 1. The molecule has 4 rings (SSSR count). The van der Waals surface area contributed by atoms with Gasteiger partial charge in [-0.25, -0.2) is 9.37 Å². The maximum atomic E-state index is 13.0. The topological polar surface area (TPSA) is 80.0 Å². The van der Waals surface area contributed by atoms with E-state index in [2.05, 4.69) is 15.3 Å². The van der Waals surface area contributed by atoms with Gasteiger partial charge in [0.25, 0.3) is 5.91 Å². The summed E-state index contributed by atoms with van der Waals surface area (Å²) in [5.74, 6) is -0.475. The minimum atomic E-state index is -0.483. The van der Waals surface area contributed by atoms with Gasteiger partial charge in [-0.1, -0.05) is 0 Å². The van der Waals surface area contributed by atoms with E-state index < -0.39 is 5.91 Å². The molecule has 0 spiro atoms. The maximum Gasteiger partial charge on any atom is 0.262 e. The third-order valence-corrected chi connectivity index (χ3v) is 3.96. The number of pyridine rings is 1. The molecule has 0 atom stereocenters. The van der Waals surface area contributed by atoms with E-state index in [9.17, 15) is 14.3 Å². The van der Waals surface area contributed by atoms with Crippen LogP contribution in [-0.4, -0.2) is 25.5 Å². The Morgan fingerprint density at radius 1 is 1.25 bits per heavy atom. The monoisotopic (exact) mass is 324 g/mol. The molecule has 24 heavy (non-hydrogen) atoms. The number of benzene rings is 1. The standard InChI is InChI=1S/C17H13FN4O2/c18-10-1-3-11(4-2-10)20-17(24)15-14(23)6-8-22-13-5-7-19-9-12(13)21-16(15)22/h1-5,7,9,23H,6,8H2,(H,20,24). The predicted molar refractivity (Wildman–Crippen MR) is 86.7 cm³/mol. The van der Waals surface area contributed by atoms with Crippen LogP contribution >= 0.6 is 0 Å². The fourth-order valence-corrected chi connectivity index (χ4v) is 2.83. The highest BCUT2D eigenvalue weighted by molar-refractivity contribution is 6.25. The van der Waals surface area contributed by atoms with Crippen LogP contribution in [0.1, 0.15) is 12.2 Å². The van der Waals surface area contributed by atoms with E-state index in [1.165, 1.54) is 24.3 Å². The molecule has 0 radical (unpaired) electrons. The minimum Gasteiger partial charge on any atom is -0.511 e. The molecule has 3 aromatic rings. The Balaban J connectivity index is 1.74. The molecular formula is C17H13FN4O2. The van der Waals surface area contributed by atoms with Gasteiger partial charge in [0.1, 0.15) is 28.5 Å². The lowest BCUT2D eigenvalue weighted by Crippen LogP contribution is -2.22. The van der Waals surface area contributed by atoms with Crippen LogP contribution in [0.3, 0.4) is 0 Å². The molecule has 0 aliphatic carbocycles. The summed E-state index contributed by atoms with van der Waals surface area (Å²) in [5.41, 5.74) is 2.09. The van der Waals surface area contributed by atoms with Gasteiger partial charge in [0.15, 0.2) is 0 Å². The second kappa shape index (κ2) is 5.45. The van der Waals surface area contributed by atoms with Crippen molar-refractivity contribution >= 4 is 28.2 Å². The SMILES string of the molecule is O=C(Nc1ccc(F)cc1)C1=C(O)CCn2c1nc1cnccc12. The summed E-state index contributed by atoms with van der Waals surface area (Å²) in [6, 6.07) is 7.25. The molecule has 2 aromatic heterocycles. The first-order valence-electron chi connectivity index (χ1n) is 7.43. The number of hydrogen-bond acceptors (Lipinski definition) is 4. The van der Waals surface area contributed by atoms with Crippen LogP contribution in [-0.2, 0) is 11.3 Å². The van der Waals surface area contributed by atoms with E-state index in [-0.39, 0.29) is 17.1 Å². The fraction of sp³-hybridized carbons (Fsp3) is 0.118. The van der Waals surface area contributed by atoms with Crippen molar-refractivity contribution in [2.75, 3.05) is 5.32 Å². The Kier molecular flexibility index (Phi) is 3.26. The van der Waals surface area contributed by atoms with Crippen molar-refractivity contribution in [1.82, 2.24) is 14.5 Å². The average Bonchev–Trinajstić information content (AvgIpc) is 2.95. The van der Waals surface area contributed by atoms with Gasteiger partial charge in [-0.2, -0.15) is 0 Å². The molecule has 7 heteroatoms. The number of imidazole rings is 1. The number of anilines is 1. The molecule has 0 saturated carbocycles. The number of fused-ring (bicyclic) bond motifs is 3. The molecule has 6 nitrogen and oxygen atoms in total. The Morgan fingerprint density at radius 2 is 2.04 bits per heavy atom. The van der Waals surface area contributed by atoms with Crippen molar-refractivity contribution in [1.29, 1.82) is 0 Å². The number of nitrogens with one attached hydrogen (secondary N) is 1. The molecule has 0 unspecified atom stereocenters. The summed E-state index contributed by atoms with van der Waals surface area (Å²) < 4.78 is 14.9. The third kappa shape index (κ3) is 2.30. The van der Waals surface area contributed by atoms with Crippen LogP contribution in [0, 0.1) is 5.82 Å². The molecule has 3 heterocycles. The van der Waals surface area contributed by atoms with Gasteiger partial charge in [0.05, 0.1) is 11.7 Å². The predicted octanol–water partition coefficient (Wildman–Crippen LogP) is 2.88. The lowest BCUT2D eigenvalue weighted by molar-refractivity contribution is -0.111. The number of hydrogen-bond donors (Lipinski definition) is 2. The molecule has 0 saturated heterocycles. The van der Waals surface area contributed by atoms with Crippen LogP contribution in [0.25, 0.3) is 16.6 Å². The van der Waals surface area contributed by atoms with E-state index >= 15 is 0 Å². The smallest absolute Gasteiger partial charge is 0.262 e. The molecule has 1 aliphatic rings. The van der Waals surface area contributed by atoms with Gasteiger partial charge in [-0.05, 0) is 30.3 Å². The van der Waals surface area contributed by atoms with Crippen molar-refractivity contribution < 1.29 is 14.3 Å². The van der Waals surface area contributed by atoms with Gasteiger partial charge >= 0.3 is 0 Å². The highest BCUT2D eigenvalue weighted by atomic mass is 19.1. The largest absolute Gasteiger partial charge is 0.511 e. The van der Waals surface area contributed by atoms with Crippen LogP contribution in [0.2, 0.25) is 0 Å². The Morgan fingerprint density at radius 3 is 2.83 bits per heavy atom. The van der Waals surface area contributed by atoms with Gasteiger partial charge < -0.3 is 15.0 Å². The first kappa shape index (κ1) is 14.4. The molecular weight excluding hydrogens is 311 g/mol. The Labute approximate surface area is 136 Å². The zero-order chi connectivity index (χ0) is 16.7. The molecule has 1 amide bonds. The summed E-state index contributed by atoms with van der Waals surface area (Å²) in [6.45, 7) is 0.537. The number of aliphatic hydroxyl groups excluding tert-OH is 1. The van der Waals surface area contributed by atoms with Crippen molar-refractivity contribution in [2.45, 2.75) is 13.0 Å². The van der Waals surface area contributed by atoms with Gasteiger partial charge in [-0.15, -0.1) is 0 Å². The number of aryl methyl sites for hydroxylation is 1. The molecule has 1 aliphatic heterocycles. The van der Waals surface area contributed by atoms with E-state index in [1.54, 1.807) is 12.4 Å². The van der Waals surface area contributed by atoms with Crippen molar-refractivity contribution in [3.8, 4) is 0 Å². The molecule has 120 valence electrons. The zero-order valence-electron chi connectivity index (χ0n) is 12.5. The number of aromatic nitrogens is 3. The first-order valence-corrected chi connectivity index (χ1v) is 7.43. The summed E-state index contributed by atoms with van der Waals surface area (Å²) in [7, 11) is 0. The van der Waals surface area contributed by atoms with Gasteiger partial charge in [0.2, 0.25) is 0 Å². The lowest BCUT2D eigenvalue weighted by atomic mass is 10.1. The lowest BCUT2D eigenvalue weighted by Gasteiger charge is -2.18. The number of halogens is 1. The summed E-state index contributed by atoms with van der Waals surface area (Å²) in [5, 5.41) is 12.9. The van der Waals surface area contributed by atoms with E-state index in [0.717, 1.165) is 5.52 Å². The van der Waals surface area contributed by atoms with Crippen LogP contribution < -0.4 is 5.32 Å². The maximum absolute atomic E-state index is 13.0. The number of aliphatic hydroxyl groups is 1. The highest BCUT2D eigenvalue weighted by Crippen LogP contribution is 2.30. The second-order valence-corrected chi connectivity index (χ2v) is 5.48. The molecule has 2 N–H and O–H groups in total. The number of carbonyl (C=O) groups excluding carboxylic acids is 1. The molecule has 1 aromatic carbocycles. The number of rotatable bonds is 2. The van der Waals surface area contributed by atoms with E-state index in [1.807, 2.05) is 10.6 Å². The fourth-order valence-electron chi connectivity index (χ4n) is 2.83. The average molecular weight is 324 g/mol. The van der Waals surface area contributed by atoms with E-state index in [4.69, 9.17) is 0 Å². The van der Waals surface area contributed by atoms with Gasteiger partial charge in [0, 0.05) is 24.8 Å². The van der Waals surface area contributed by atoms with Crippen molar-refractivity contribution in [3.05, 3.63) is 60.1 Å². The van der Waals surface area contributed by atoms with Gasteiger partial charge in [-0.3, -0.25) is 9.78 Å². The molecule has 0 fully saturated rings. The van der Waals surface area contributed by atoms with E-state index in [0.29, 0.717) is 30.0 Å². The van der Waals surface area contributed by atoms with Crippen LogP contribution in [0.5, 0.6) is 0 Å². The van der Waals surface area contributed by atoms with Crippen molar-refractivity contribution in [2.24, 2.45) is 0 Å². The summed E-state index contributed by atoms with van der Waals surface area (Å²) in [4.78, 5) is 21.1.